The molecule has 1 aromatic carbocycles. The predicted octanol–water partition coefficient (Wildman–Crippen LogP) is 4.37. The third-order valence-corrected chi connectivity index (χ3v) is 4.20. The van der Waals surface area contributed by atoms with Gasteiger partial charge in [0.05, 0.1) is 16.3 Å². The van der Waals surface area contributed by atoms with Crippen LogP contribution in [0.5, 0.6) is 0 Å². The predicted molar refractivity (Wildman–Crippen MR) is 86.7 cm³/mol. The number of thiophene rings is 1. The molecular weight excluding hydrogens is 280 g/mol. The normalized spacial score (nSPS) is 10.3. The molecule has 1 N–H and O–H groups in total. The second-order valence-electron chi connectivity index (χ2n) is 4.65. The van der Waals surface area contributed by atoms with Gasteiger partial charge in [0.2, 0.25) is 0 Å². The Morgan fingerprint density at radius 1 is 1.10 bits per heavy atom. The number of anilines is 1. The van der Waals surface area contributed by atoms with Crippen LogP contribution in [0.15, 0.2) is 60.1 Å². The Morgan fingerprint density at radius 3 is 2.62 bits per heavy atom. The summed E-state index contributed by atoms with van der Waals surface area (Å²) in [6.07, 6.45) is 1.75. The third-order valence-electron chi connectivity index (χ3n) is 3.18. The summed E-state index contributed by atoms with van der Waals surface area (Å²) in [5.41, 5.74) is 3.53. The van der Waals surface area contributed by atoms with E-state index >= 15 is 0 Å². The van der Waals surface area contributed by atoms with Crippen LogP contribution in [0.4, 0.5) is 5.69 Å². The molecule has 2 heterocycles. The molecular formula is C17H14N2OS. The Hall–Kier alpha value is -2.46. The number of hydrogen-bond donors (Lipinski definition) is 1. The molecule has 3 nitrogen and oxygen atoms in total. The average molecular weight is 294 g/mol. The molecule has 0 spiro atoms. The highest BCUT2D eigenvalue weighted by molar-refractivity contribution is 7.12. The zero-order valence-corrected chi connectivity index (χ0v) is 12.4. The molecule has 3 aromatic rings. The summed E-state index contributed by atoms with van der Waals surface area (Å²) in [7, 11) is 0. The van der Waals surface area contributed by atoms with E-state index in [-0.39, 0.29) is 5.91 Å². The smallest absolute Gasteiger partial charge is 0.266 e. The summed E-state index contributed by atoms with van der Waals surface area (Å²) in [5.74, 6) is -0.0779. The van der Waals surface area contributed by atoms with E-state index in [0.29, 0.717) is 0 Å². The Bertz CT molecular complexity index is 765. The third kappa shape index (κ3) is 2.85. The fraction of sp³-hybridized carbons (Fsp3) is 0.0588. The monoisotopic (exact) mass is 294 g/mol. The number of hydrogen-bond acceptors (Lipinski definition) is 3. The molecule has 104 valence electrons. The minimum atomic E-state index is -0.0779. The second-order valence-corrected chi connectivity index (χ2v) is 5.56. The second kappa shape index (κ2) is 5.89. The van der Waals surface area contributed by atoms with E-state index in [1.54, 1.807) is 6.20 Å². The minimum Gasteiger partial charge on any atom is -0.321 e. The molecule has 0 atom stereocenters. The van der Waals surface area contributed by atoms with Gasteiger partial charge in [0.1, 0.15) is 0 Å². The van der Waals surface area contributed by atoms with Gasteiger partial charge >= 0.3 is 0 Å². The zero-order valence-electron chi connectivity index (χ0n) is 11.5. The molecule has 0 aliphatic heterocycles. The van der Waals surface area contributed by atoms with Gasteiger partial charge in [-0.1, -0.05) is 24.3 Å². The molecule has 4 heteroatoms. The minimum absolute atomic E-state index is 0.0779. The molecule has 0 bridgehead atoms. The van der Waals surface area contributed by atoms with Gasteiger partial charge in [-0.2, -0.15) is 0 Å². The number of aromatic nitrogens is 1. The number of benzene rings is 1. The van der Waals surface area contributed by atoms with Crippen LogP contribution in [0.25, 0.3) is 11.3 Å². The number of aryl methyl sites for hydroxylation is 1. The van der Waals surface area contributed by atoms with Crippen LogP contribution >= 0.6 is 11.3 Å². The Kier molecular flexibility index (Phi) is 3.79. The van der Waals surface area contributed by atoms with Gasteiger partial charge in [-0.3, -0.25) is 9.78 Å². The summed E-state index contributed by atoms with van der Waals surface area (Å²) in [5, 5.41) is 4.91. The molecule has 3 rings (SSSR count). The lowest BCUT2D eigenvalue weighted by molar-refractivity contribution is 0.103. The van der Waals surface area contributed by atoms with Crippen LogP contribution in [0, 0.1) is 6.92 Å². The average Bonchev–Trinajstić information content (AvgIpc) is 2.95. The van der Waals surface area contributed by atoms with Crippen molar-refractivity contribution in [2.45, 2.75) is 6.92 Å². The van der Waals surface area contributed by atoms with Gasteiger partial charge in [-0.25, -0.2) is 0 Å². The summed E-state index contributed by atoms with van der Waals surface area (Å²) >= 11 is 1.45. The van der Waals surface area contributed by atoms with Gasteiger partial charge < -0.3 is 5.32 Å². The highest BCUT2D eigenvalue weighted by atomic mass is 32.1. The SMILES string of the molecule is Cc1ccsc1C(=O)Nc1ccccc1-c1ccccn1. The zero-order chi connectivity index (χ0) is 14.7. The van der Waals surface area contributed by atoms with Gasteiger partial charge in [0.25, 0.3) is 5.91 Å². The van der Waals surface area contributed by atoms with Gasteiger partial charge in [0.15, 0.2) is 0 Å². The lowest BCUT2D eigenvalue weighted by Gasteiger charge is -2.10. The van der Waals surface area contributed by atoms with E-state index in [1.807, 2.05) is 60.8 Å². The van der Waals surface area contributed by atoms with Crippen LogP contribution < -0.4 is 5.32 Å². The summed E-state index contributed by atoms with van der Waals surface area (Å²) in [6, 6.07) is 15.4. The van der Waals surface area contributed by atoms with Crippen LogP contribution in [0.3, 0.4) is 0 Å². The van der Waals surface area contributed by atoms with Crippen molar-refractivity contribution >= 4 is 22.9 Å². The Balaban J connectivity index is 1.94. The van der Waals surface area contributed by atoms with Crippen molar-refractivity contribution in [3.05, 3.63) is 70.5 Å². The highest BCUT2D eigenvalue weighted by Gasteiger charge is 2.13. The number of pyridine rings is 1. The van der Waals surface area contributed by atoms with Crippen molar-refractivity contribution in [1.82, 2.24) is 4.98 Å². The largest absolute Gasteiger partial charge is 0.321 e. The van der Waals surface area contributed by atoms with Crippen LogP contribution in [-0.4, -0.2) is 10.9 Å². The first kappa shape index (κ1) is 13.5. The maximum Gasteiger partial charge on any atom is 0.266 e. The lowest BCUT2D eigenvalue weighted by atomic mass is 10.1. The van der Waals surface area contributed by atoms with Crippen LogP contribution in [-0.2, 0) is 0 Å². The quantitative estimate of drug-likeness (QED) is 0.779. The number of carbonyl (C=O) groups excluding carboxylic acids is 1. The van der Waals surface area contributed by atoms with Crippen molar-refractivity contribution in [3.63, 3.8) is 0 Å². The van der Waals surface area contributed by atoms with E-state index in [9.17, 15) is 4.79 Å². The standard InChI is InChI=1S/C17H14N2OS/c1-12-9-11-21-16(12)17(20)19-15-8-3-2-6-13(15)14-7-4-5-10-18-14/h2-11H,1H3,(H,19,20). The molecule has 0 fully saturated rings. The maximum atomic E-state index is 12.4. The topological polar surface area (TPSA) is 42.0 Å². The first-order chi connectivity index (χ1) is 10.3. The number of amides is 1. The summed E-state index contributed by atoms with van der Waals surface area (Å²) in [6.45, 7) is 1.94. The molecule has 2 aromatic heterocycles. The van der Waals surface area contributed by atoms with Gasteiger partial charge in [-0.15, -0.1) is 11.3 Å². The molecule has 1 amide bonds. The van der Waals surface area contributed by atoms with Crippen molar-refractivity contribution in [3.8, 4) is 11.3 Å². The first-order valence-electron chi connectivity index (χ1n) is 6.61. The summed E-state index contributed by atoms with van der Waals surface area (Å²) in [4.78, 5) is 17.4. The molecule has 0 unspecified atom stereocenters. The maximum absolute atomic E-state index is 12.4. The number of para-hydroxylation sites is 1. The molecule has 0 radical (unpaired) electrons. The van der Waals surface area contributed by atoms with Crippen molar-refractivity contribution in [2.75, 3.05) is 5.32 Å². The highest BCUT2D eigenvalue weighted by Crippen LogP contribution is 2.27. The van der Waals surface area contributed by atoms with E-state index in [2.05, 4.69) is 10.3 Å². The van der Waals surface area contributed by atoms with E-state index in [1.165, 1.54) is 11.3 Å². The fourth-order valence-corrected chi connectivity index (χ4v) is 2.94. The van der Waals surface area contributed by atoms with Crippen molar-refractivity contribution in [1.29, 1.82) is 0 Å². The van der Waals surface area contributed by atoms with Gasteiger partial charge in [0, 0.05) is 11.8 Å². The Morgan fingerprint density at radius 2 is 1.90 bits per heavy atom. The molecule has 0 aliphatic rings. The molecule has 0 saturated heterocycles. The molecule has 0 aliphatic carbocycles. The lowest BCUT2D eigenvalue weighted by Crippen LogP contribution is -2.12. The fourth-order valence-electron chi connectivity index (χ4n) is 2.12. The number of carbonyl (C=O) groups is 1. The van der Waals surface area contributed by atoms with Crippen molar-refractivity contribution < 1.29 is 4.79 Å². The number of nitrogens with zero attached hydrogens (tertiary/aromatic N) is 1. The number of nitrogens with one attached hydrogen (secondary N) is 1. The Labute approximate surface area is 127 Å². The first-order valence-corrected chi connectivity index (χ1v) is 7.49. The van der Waals surface area contributed by atoms with E-state index in [4.69, 9.17) is 0 Å². The van der Waals surface area contributed by atoms with Crippen LogP contribution in [0.2, 0.25) is 0 Å². The van der Waals surface area contributed by atoms with E-state index < -0.39 is 0 Å². The summed E-state index contributed by atoms with van der Waals surface area (Å²) < 4.78 is 0. The van der Waals surface area contributed by atoms with Gasteiger partial charge in [-0.05, 0) is 42.1 Å². The van der Waals surface area contributed by atoms with E-state index in [0.717, 1.165) is 27.4 Å². The molecule has 21 heavy (non-hydrogen) atoms. The van der Waals surface area contributed by atoms with Crippen LogP contribution in [0.1, 0.15) is 15.2 Å². The number of rotatable bonds is 3. The van der Waals surface area contributed by atoms with Crippen molar-refractivity contribution in [2.24, 2.45) is 0 Å². The molecule has 0 saturated carbocycles.